The average Bonchev–Trinajstić information content (AvgIpc) is 2.66. The number of aromatic nitrogens is 2. The van der Waals surface area contributed by atoms with Crippen LogP contribution in [-0.2, 0) is 0 Å². The number of aryl methyl sites for hydroxylation is 1. The molecule has 0 saturated carbocycles. The molecule has 2 amide bonds. The molecule has 0 aliphatic heterocycles. The van der Waals surface area contributed by atoms with Crippen LogP contribution in [0.2, 0.25) is 0 Å². The summed E-state index contributed by atoms with van der Waals surface area (Å²) in [5.74, 6) is 0. The second-order valence-electron chi connectivity index (χ2n) is 4.17. The minimum atomic E-state index is -0.253. The quantitative estimate of drug-likeness (QED) is 0.666. The highest BCUT2D eigenvalue weighted by Crippen LogP contribution is 2.20. The summed E-state index contributed by atoms with van der Waals surface area (Å²) < 4.78 is 0. The third-order valence-electron chi connectivity index (χ3n) is 2.64. The Labute approximate surface area is 104 Å². The molecule has 2 rings (SSSR count). The fourth-order valence-electron chi connectivity index (χ4n) is 1.73. The summed E-state index contributed by atoms with van der Waals surface area (Å²) in [5, 5.41) is 5.49. The number of aromatic amines is 2. The highest BCUT2D eigenvalue weighted by Gasteiger charge is 2.07. The van der Waals surface area contributed by atoms with E-state index in [2.05, 4.69) is 20.6 Å². The Bertz CT molecular complexity index is 627. The van der Waals surface area contributed by atoms with Crippen molar-refractivity contribution in [1.82, 2.24) is 15.3 Å². The van der Waals surface area contributed by atoms with E-state index < -0.39 is 0 Å². The molecule has 4 N–H and O–H groups in total. The van der Waals surface area contributed by atoms with Crippen molar-refractivity contribution < 1.29 is 4.79 Å². The van der Waals surface area contributed by atoms with Gasteiger partial charge in [-0.2, -0.15) is 0 Å². The number of hydrogen-bond acceptors (Lipinski definition) is 2. The minimum Gasteiger partial charge on any atom is -0.338 e. The number of fused-ring (bicyclic) bond motifs is 1. The van der Waals surface area contributed by atoms with Crippen molar-refractivity contribution in [3.8, 4) is 0 Å². The predicted molar refractivity (Wildman–Crippen MR) is 71.0 cm³/mol. The fraction of sp³-hybridized carbons (Fsp3) is 0.333. The Kier molecular flexibility index (Phi) is 3.36. The van der Waals surface area contributed by atoms with Gasteiger partial charge in [-0.1, -0.05) is 6.92 Å². The second kappa shape index (κ2) is 4.95. The molecule has 1 heterocycles. The molecule has 0 spiro atoms. The minimum absolute atomic E-state index is 0.239. The number of amides is 2. The average molecular weight is 248 g/mol. The van der Waals surface area contributed by atoms with E-state index in [0.29, 0.717) is 17.7 Å². The number of H-pyrrole nitrogens is 2. The number of benzene rings is 1. The Hall–Kier alpha value is -2.24. The summed E-state index contributed by atoms with van der Waals surface area (Å²) in [6.07, 6.45) is 0.885. The largest absolute Gasteiger partial charge is 0.338 e. The van der Waals surface area contributed by atoms with Gasteiger partial charge in [-0.05, 0) is 31.0 Å². The van der Waals surface area contributed by atoms with Crippen LogP contribution in [0.1, 0.15) is 18.9 Å². The number of anilines is 1. The molecule has 0 fully saturated rings. The number of carbonyl (C=O) groups excluding carboxylic acids is 1. The van der Waals surface area contributed by atoms with E-state index in [4.69, 9.17) is 0 Å². The van der Waals surface area contributed by atoms with Crippen LogP contribution in [0.25, 0.3) is 11.0 Å². The van der Waals surface area contributed by atoms with E-state index in [0.717, 1.165) is 17.5 Å². The smallest absolute Gasteiger partial charge is 0.323 e. The van der Waals surface area contributed by atoms with Crippen molar-refractivity contribution >= 4 is 22.8 Å². The molecule has 96 valence electrons. The Balaban J connectivity index is 2.24. The molecule has 1 aromatic heterocycles. The molecular formula is C12H16N4O2. The van der Waals surface area contributed by atoms with E-state index in [1.54, 1.807) is 6.07 Å². The van der Waals surface area contributed by atoms with E-state index in [1.165, 1.54) is 0 Å². The number of rotatable bonds is 3. The lowest BCUT2D eigenvalue weighted by Gasteiger charge is -2.09. The molecule has 18 heavy (non-hydrogen) atoms. The molecule has 0 unspecified atom stereocenters. The third kappa shape index (κ3) is 2.53. The number of urea groups is 1. The van der Waals surface area contributed by atoms with Gasteiger partial charge in [-0.3, -0.25) is 0 Å². The third-order valence-corrected chi connectivity index (χ3v) is 2.64. The van der Waals surface area contributed by atoms with E-state index in [1.807, 2.05) is 19.9 Å². The summed E-state index contributed by atoms with van der Waals surface area (Å²) in [6, 6.07) is 3.33. The molecule has 0 aliphatic carbocycles. The highest BCUT2D eigenvalue weighted by molar-refractivity contribution is 5.93. The van der Waals surface area contributed by atoms with Crippen LogP contribution in [0.5, 0.6) is 0 Å². The summed E-state index contributed by atoms with van der Waals surface area (Å²) in [4.78, 5) is 28.1. The first-order chi connectivity index (χ1) is 8.60. The van der Waals surface area contributed by atoms with Gasteiger partial charge in [0.05, 0.1) is 11.0 Å². The van der Waals surface area contributed by atoms with Crippen LogP contribution in [-0.4, -0.2) is 22.5 Å². The zero-order valence-electron chi connectivity index (χ0n) is 10.4. The molecule has 1 aromatic carbocycles. The molecular weight excluding hydrogens is 232 g/mol. The maximum atomic E-state index is 11.6. The molecule has 0 radical (unpaired) electrons. The van der Waals surface area contributed by atoms with Gasteiger partial charge < -0.3 is 20.6 Å². The molecule has 0 bridgehead atoms. The first-order valence-electron chi connectivity index (χ1n) is 5.87. The maximum Gasteiger partial charge on any atom is 0.323 e. The van der Waals surface area contributed by atoms with E-state index >= 15 is 0 Å². The number of hydrogen-bond donors (Lipinski definition) is 4. The molecule has 0 aliphatic rings. The van der Waals surface area contributed by atoms with Crippen LogP contribution in [0.3, 0.4) is 0 Å². The molecule has 6 nitrogen and oxygen atoms in total. The summed E-state index contributed by atoms with van der Waals surface area (Å²) >= 11 is 0. The first kappa shape index (κ1) is 12.2. The topological polar surface area (TPSA) is 89.8 Å². The second-order valence-corrected chi connectivity index (χ2v) is 4.17. The van der Waals surface area contributed by atoms with Gasteiger partial charge >= 0.3 is 11.7 Å². The lowest BCUT2D eigenvalue weighted by atomic mass is 10.2. The van der Waals surface area contributed by atoms with Crippen molar-refractivity contribution in [2.24, 2.45) is 0 Å². The van der Waals surface area contributed by atoms with E-state index in [-0.39, 0.29) is 11.7 Å². The van der Waals surface area contributed by atoms with Gasteiger partial charge in [-0.15, -0.1) is 0 Å². The maximum absolute atomic E-state index is 11.6. The standard InChI is InChI=1S/C12H16N4O2/c1-3-4-13-11(17)14-8-6-10-9(5-7(8)2)15-12(18)16-10/h5-6H,3-4H2,1-2H3,(H2,13,14,17)(H2,15,16,18). The summed E-state index contributed by atoms with van der Waals surface area (Å²) in [6.45, 7) is 4.50. The number of carbonyl (C=O) groups is 1. The van der Waals surface area contributed by atoms with Gasteiger partial charge in [0.25, 0.3) is 0 Å². The zero-order valence-corrected chi connectivity index (χ0v) is 10.4. The lowest BCUT2D eigenvalue weighted by Crippen LogP contribution is -2.29. The fourth-order valence-corrected chi connectivity index (χ4v) is 1.73. The Morgan fingerprint density at radius 1 is 1.28 bits per heavy atom. The van der Waals surface area contributed by atoms with Crippen molar-refractivity contribution in [3.05, 3.63) is 28.2 Å². The van der Waals surface area contributed by atoms with Crippen LogP contribution in [0.4, 0.5) is 10.5 Å². The number of nitrogens with one attached hydrogen (secondary N) is 4. The first-order valence-corrected chi connectivity index (χ1v) is 5.87. The normalized spacial score (nSPS) is 10.6. The molecule has 2 aromatic rings. The van der Waals surface area contributed by atoms with Crippen molar-refractivity contribution in [2.75, 3.05) is 11.9 Å². The Morgan fingerprint density at radius 3 is 2.61 bits per heavy atom. The van der Waals surface area contributed by atoms with Gasteiger partial charge in [0.1, 0.15) is 0 Å². The molecule has 0 atom stereocenters. The summed E-state index contributed by atoms with van der Waals surface area (Å²) in [5.41, 5.74) is 2.74. The van der Waals surface area contributed by atoms with Crippen LogP contribution < -0.4 is 16.3 Å². The highest BCUT2D eigenvalue weighted by atomic mass is 16.2. The van der Waals surface area contributed by atoms with E-state index in [9.17, 15) is 9.59 Å². The predicted octanol–water partition coefficient (Wildman–Crippen LogP) is 1.70. The summed E-state index contributed by atoms with van der Waals surface area (Å²) in [7, 11) is 0. The Morgan fingerprint density at radius 2 is 1.94 bits per heavy atom. The van der Waals surface area contributed by atoms with Gasteiger partial charge in [0.2, 0.25) is 0 Å². The van der Waals surface area contributed by atoms with Gasteiger partial charge in [0.15, 0.2) is 0 Å². The monoisotopic (exact) mass is 248 g/mol. The van der Waals surface area contributed by atoms with Crippen LogP contribution in [0.15, 0.2) is 16.9 Å². The lowest BCUT2D eigenvalue weighted by molar-refractivity contribution is 0.252. The van der Waals surface area contributed by atoms with Crippen molar-refractivity contribution in [2.45, 2.75) is 20.3 Å². The van der Waals surface area contributed by atoms with Gasteiger partial charge in [0, 0.05) is 12.2 Å². The van der Waals surface area contributed by atoms with Crippen molar-refractivity contribution in [3.63, 3.8) is 0 Å². The molecule has 6 heteroatoms. The van der Waals surface area contributed by atoms with Crippen LogP contribution >= 0.6 is 0 Å². The van der Waals surface area contributed by atoms with Gasteiger partial charge in [-0.25, -0.2) is 9.59 Å². The number of imidazole rings is 1. The molecule has 0 saturated heterocycles. The zero-order chi connectivity index (χ0) is 13.1. The van der Waals surface area contributed by atoms with Crippen LogP contribution in [0, 0.1) is 6.92 Å². The SMILES string of the molecule is CCCNC(=O)Nc1cc2[nH]c(=O)[nH]c2cc1C. The van der Waals surface area contributed by atoms with Crippen molar-refractivity contribution in [1.29, 1.82) is 0 Å².